The minimum Gasteiger partial charge on any atom is -0.332 e. The first-order chi connectivity index (χ1) is 14.4. The largest absolute Gasteiger partial charge is 0.332 e. The Hall–Kier alpha value is -3.23. The Morgan fingerprint density at radius 2 is 1.93 bits per heavy atom. The highest BCUT2D eigenvalue weighted by Gasteiger charge is 2.35. The van der Waals surface area contributed by atoms with E-state index in [-0.39, 0.29) is 24.3 Å². The van der Waals surface area contributed by atoms with Crippen molar-refractivity contribution in [3.05, 3.63) is 41.4 Å². The predicted molar refractivity (Wildman–Crippen MR) is 108 cm³/mol. The number of aromatic nitrogens is 4. The van der Waals surface area contributed by atoms with Crippen molar-refractivity contribution in [1.82, 2.24) is 24.6 Å². The molecule has 2 aliphatic rings. The monoisotopic (exact) mass is 410 g/mol. The molecule has 0 saturated carbocycles. The number of hydrogen-bond donors (Lipinski definition) is 0. The van der Waals surface area contributed by atoms with Crippen LogP contribution in [0.2, 0.25) is 0 Å². The lowest BCUT2D eigenvalue weighted by molar-refractivity contribution is 0.214. The molecule has 8 nitrogen and oxygen atoms in total. The van der Waals surface area contributed by atoms with Crippen molar-refractivity contribution >= 4 is 11.7 Å². The third-order valence-corrected chi connectivity index (χ3v) is 5.69. The van der Waals surface area contributed by atoms with Crippen LogP contribution in [0.25, 0.3) is 17.3 Å². The maximum Gasteiger partial charge on any atom is 0.324 e. The molecule has 4 heterocycles. The van der Waals surface area contributed by atoms with Crippen LogP contribution < -0.4 is 4.90 Å². The van der Waals surface area contributed by atoms with Gasteiger partial charge in [-0.15, -0.1) is 0 Å². The molecule has 1 fully saturated rings. The van der Waals surface area contributed by atoms with Gasteiger partial charge in [0, 0.05) is 19.0 Å². The zero-order valence-corrected chi connectivity index (χ0v) is 17.2. The first-order valence-electron chi connectivity index (χ1n) is 10.2. The standard InChI is InChI=1S/C21H23FN6O2/c1-12(2)19-24-20(30-25-19)18-17-11-27(21(29)26-8-4-5-9-26)16-10-14(22)6-7-15(16)28(17)13(3)23-18/h6-7,10,12H,4-5,8-9,11H2,1-3H3. The Balaban J connectivity index is 1.65. The van der Waals surface area contributed by atoms with Crippen LogP contribution in [0.5, 0.6) is 0 Å². The third kappa shape index (κ3) is 2.88. The second-order valence-corrected chi connectivity index (χ2v) is 8.10. The van der Waals surface area contributed by atoms with Crippen molar-refractivity contribution in [3.63, 3.8) is 0 Å². The number of nitrogens with zero attached hydrogens (tertiary/aromatic N) is 6. The molecule has 1 aromatic carbocycles. The van der Waals surface area contributed by atoms with Crippen LogP contribution in [-0.4, -0.2) is 43.7 Å². The van der Waals surface area contributed by atoms with Gasteiger partial charge in [0.25, 0.3) is 5.89 Å². The summed E-state index contributed by atoms with van der Waals surface area (Å²) in [5, 5.41) is 4.05. The molecule has 30 heavy (non-hydrogen) atoms. The molecular formula is C21H23FN6O2. The van der Waals surface area contributed by atoms with Gasteiger partial charge in [0.1, 0.15) is 11.6 Å². The van der Waals surface area contributed by atoms with Crippen molar-refractivity contribution < 1.29 is 13.7 Å². The Labute approximate surface area is 173 Å². The predicted octanol–water partition coefficient (Wildman–Crippen LogP) is 4.03. The van der Waals surface area contributed by atoms with Crippen LogP contribution in [0.4, 0.5) is 14.9 Å². The number of hydrogen-bond acceptors (Lipinski definition) is 5. The van der Waals surface area contributed by atoms with Crippen LogP contribution in [0.15, 0.2) is 22.7 Å². The van der Waals surface area contributed by atoms with E-state index in [1.54, 1.807) is 11.0 Å². The minimum absolute atomic E-state index is 0.121. The fraction of sp³-hybridized carbons (Fsp3) is 0.429. The molecule has 0 spiro atoms. The fourth-order valence-corrected chi connectivity index (χ4v) is 4.17. The highest BCUT2D eigenvalue weighted by Crippen LogP contribution is 2.38. The van der Waals surface area contributed by atoms with E-state index in [0.717, 1.165) is 18.5 Å². The summed E-state index contributed by atoms with van der Waals surface area (Å²) < 4.78 is 21.5. The average molecular weight is 410 g/mol. The van der Waals surface area contributed by atoms with E-state index in [0.29, 0.717) is 47.7 Å². The minimum atomic E-state index is -0.382. The maximum absolute atomic E-state index is 14.1. The fourth-order valence-electron chi connectivity index (χ4n) is 4.17. The molecule has 0 aliphatic carbocycles. The first-order valence-corrected chi connectivity index (χ1v) is 10.2. The molecule has 1 saturated heterocycles. The molecule has 156 valence electrons. The molecule has 0 radical (unpaired) electrons. The van der Waals surface area contributed by atoms with Crippen molar-refractivity contribution in [1.29, 1.82) is 0 Å². The summed E-state index contributed by atoms with van der Waals surface area (Å²) in [7, 11) is 0. The van der Waals surface area contributed by atoms with Gasteiger partial charge in [-0.2, -0.15) is 4.98 Å². The van der Waals surface area contributed by atoms with E-state index < -0.39 is 0 Å². The molecular weight excluding hydrogens is 387 g/mol. The van der Waals surface area contributed by atoms with Crippen molar-refractivity contribution in [2.45, 2.75) is 46.1 Å². The molecule has 9 heteroatoms. The summed E-state index contributed by atoms with van der Waals surface area (Å²) in [6.07, 6.45) is 1.97. The second kappa shape index (κ2) is 6.93. The third-order valence-electron chi connectivity index (χ3n) is 5.69. The number of rotatable bonds is 2. The molecule has 5 rings (SSSR count). The first kappa shape index (κ1) is 18.8. The van der Waals surface area contributed by atoms with E-state index in [1.165, 1.54) is 12.1 Å². The summed E-state index contributed by atoms with van der Waals surface area (Å²) in [5.74, 6) is 1.39. The Kier molecular flexibility index (Phi) is 4.34. The number of carbonyl (C=O) groups excluding carboxylic acids is 1. The smallest absolute Gasteiger partial charge is 0.324 e. The summed E-state index contributed by atoms with van der Waals surface area (Å²) in [6, 6.07) is 4.37. The lowest BCUT2D eigenvalue weighted by atomic mass is 10.1. The van der Waals surface area contributed by atoms with Crippen molar-refractivity contribution in [2.24, 2.45) is 0 Å². The molecule has 3 aromatic rings. The number of anilines is 1. The van der Waals surface area contributed by atoms with Crippen LogP contribution >= 0.6 is 0 Å². The summed E-state index contributed by atoms with van der Waals surface area (Å²) in [4.78, 5) is 25.9. The molecule has 0 bridgehead atoms. The molecule has 0 unspecified atom stereocenters. The molecule has 0 N–H and O–H groups in total. The SMILES string of the molecule is Cc1nc(-c2nc(C(C)C)no2)c2n1-c1ccc(F)cc1N(C(=O)N1CCCC1)C2. The number of aryl methyl sites for hydroxylation is 1. The normalized spacial score (nSPS) is 15.6. The molecule has 2 aliphatic heterocycles. The van der Waals surface area contributed by atoms with E-state index in [4.69, 9.17) is 4.52 Å². The van der Waals surface area contributed by atoms with Gasteiger partial charge < -0.3 is 9.42 Å². The molecule has 2 amide bonds. The van der Waals surface area contributed by atoms with Crippen LogP contribution in [-0.2, 0) is 6.54 Å². The van der Waals surface area contributed by atoms with Crippen LogP contribution in [0.1, 0.15) is 49.9 Å². The van der Waals surface area contributed by atoms with Crippen molar-refractivity contribution in [2.75, 3.05) is 18.0 Å². The van der Waals surface area contributed by atoms with Gasteiger partial charge in [-0.25, -0.2) is 14.2 Å². The number of halogens is 1. The highest BCUT2D eigenvalue weighted by atomic mass is 19.1. The second-order valence-electron chi connectivity index (χ2n) is 8.10. The van der Waals surface area contributed by atoms with Gasteiger partial charge in [-0.05, 0) is 38.0 Å². The van der Waals surface area contributed by atoms with Crippen LogP contribution in [0.3, 0.4) is 0 Å². The summed E-state index contributed by atoms with van der Waals surface area (Å²) in [5.41, 5.74) is 2.59. The molecule has 0 atom stereocenters. The van der Waals surface area contributed by atoms with Gasteiger partial charge in [0.15, 0.2) is 11.5 Å². The van der Waals surface area contributed by atoms with E-state index in [1.807, 2.05) is 30.2 Å². The number of carbonyl (C=O) groups is 1. The number of imidazole rings is 1. The van der Waals surface area contributed by atoms with E-state index >= 15 is 0 Å². The number of benzene rings is 1. The lowest BCUT2D eigenvalue weighted by Crippen LogP contribution is -2.44. The van der Waals surface area contributed by atoms with Gasteiger partial charge in [-0.1, -0.05) is 19.0 Å². The maximum atomic E-state index is 14.1. The highest BCUT2D eigenvalue weighted by molar-refractivity contribution is 5.95. The average Bonchev–Trinajstić information content (AvgIpc) is 3.47. The van der Waals surface area contributed by atoms with Gasteiger partial charge in [-0.3, -0.25) is 9.47 Å². The Bertz CT molecular complexity index is 1130. The Morgan fingerprint density at radius 1 is 1.17 bits per heavy atom. The van der Waals surface area contributed by atoms with Gasteiger partial charge in [0.05, 0.1) is 23.6 Å². The quantitative estimate of drug-likeness (QED) is 0.637. The summed E-state index contributed by atoms with van der Waals surface area (Å²) >= 11 is 0. The van der Waals surface area contributed by atoms with Crippen LogP contribution in [0, 0.1) is 12.7 Å². The Morgan fingerprint density at radius 3 is 2.63 bits per heavy atom. The van der Waals surface area contributed by atoms with Gasteiger partial charge >= 0.3 is 6.03 Å². The van der Waals surface area contributed by atoms with Crippen molar-refractivity contribution in [3.8, 4) is 17.3 Å². The zero-order chi connectivity index (χ0) is 21.0. The number of fused-ring (bicyclic) bond motifs is 3. The lowest BCUT2D eigenvalue weighted by Gasteiger charge is -2.34. The zero-order valence-electron chi connectivity index (χ0n) is 17.2. The topological polar surface area (TPSA) is 80.3 Å². The number of likely N-dealkylation sites (tertiary alicyclic amines) is 1. The number of urea groups is 1. The molecule has 2 aromatic heterocycles. The number of amides is 2. The van der Waals surface area contributed by atoms with Gasteiger partial charge in [0.2, 0.25) is 0 Å². The summed E-state index contributed by atoms with van der Waals surface area (Å²) in [6.45, 7) is 7.53. The van der Waals surface area contributed by atoms with E-state index in [2.05, 4.69) is 15.1 Å². The van der Waals surface area contributed by atoms with E-state index in [9.17, 15) is 9.18 Å².